The van der Waals surface area contributed by atoms with Crippen LogP contribution in [0.4, 0.5) is 0 Å². The van der Waals surface area contributed by atoms with Crippen LogP contribution in [0.5, 0.6) is 0 Å². The molecule has 21 heavy (non-hydrogen) atoms. The molecule has 2 heterocycles. The van der Waals surface area contributed by atoms with E-state index in [1.807, 2.05) is 6.92 Å². The third kappa shape index (κ3) is 3.83. The highest BCUT2D eigenvalue weighted by atomic mass is 32.2. The topological polar surface area (TPSA) is 141 Å². The number of hydrogen-bond acceptors (Lipinski definition) is 7. The van der Waals surface area contributed by atoms with Crippen LogP contribution in [-0.2, 0) is 23.1 Å². The summed E-state index contributed by atoms with van der Waals surface area (Å²) < 4.78 is 27.0. The van der Waals surface area contributed by atoms with E-state index in [9.17, 15) is 8.42 Å². The molecule has 0 saturated carbocycles. The van der Waals surface area contributed by atoms with Crippen LogP contribution in [0.1, 0.15) is 30.4 Å². The molecule has 0 spiro atoms. The van der Waals surface area contributed by atoms with E-state index in [4.69, 9.17) is 0 Å². The van der Waals surface area contributed by atoms with E-state index in [1.165, 1.54) is 0 Å². The Morgan fingerprint density at radius 2 is 2.05 bits per heavy atom. The van der Waals surface area contributed by atoms with E-state index < -0.39 is 10.0 Å². The van der Waals surface area contributed by atoms with E-state index in [0.717, 1.165) is 18.7 Å². The zero-order valence-electron chi connectivity index (χ0n) is 11.8. The van der Waals surface area contributed by atoms with Crippen molar-refractivity contribution in [3.63, 3.8) is 0 Å². The fraction of sp³-hybridized carbons (Fsp3) is 0.600. The summed E-state index contributed by atoms with van der Waals surface area (Å²) in [6.07, 6.45) is 0.967. The lowest BCUT2D eigenvalue weighted by Crippen LogP contribution is -2.26. The normalized spacial score (nSPS) is 11.9. The molecule has 10 nitrogen and oxygen atoms in total. The number of aromatic amines is 2. The van der Waals surface area contributed by atoms with Crippen LogP contribution in [0.3, 0.4) is 0 Å². The second-order valence-corrected chi connectivity index (χ2v) is 6.14. The van der Waals surface area contributed by atoms with Gasteiger partial charge >= 0.3 is 0 Å². The van der Waals surface area contributed by atoms with Crippen molar-refractivity contribution in [1.29, 1.82) is 0 Å². The van der Waals surface area contributed by atoms with Crippen LogP contribution in [0.25, 0.3) is 0 Å². The molecule has 0 fully saturated rings. The molecule has 0 aromatic carbocycles. The first-order valence-corrected chi connectivity index (χ1v) is 7.99. The van der Waals surface area contributed by atoms with Crippen molar-refractivity contribution in [2.75, 3.05) is 6.54 Å². The highest BCUT2D eigenvalue weighted by Crippen LogP contribution is 2.16. The summed E-state index contributed by atoms with van der Waals surface area (Å²) in [5, 5.41) is 22.7. The van der Waals surface area contributed by atoms with E-state index in [-0.39, 0.29) is 17.4 Å². The van der Waals surface area contributed by atoms with Gasteiger partial charge in [0.05, 0.1) is 6.54 Å². The Balaban J connectivity index is 2.11. The number of tetrazole rings is 1. The zero-order chi connectivity index (χ0) is 15.3. The molecule has 116 valence electrons. The van der Waals surface area contributed by atoms with Crippen LogP contribution < -0.4 is 10.0 Å². The Hall–Kier alpha value is -1.85. The third-order valence-electron chi connectivity index (χ3n) is 2.83. The smallest absolute Gasteiger partial charge is 0.260 e. The number of aryl methyl sites for hydroxylation is 1. The molecule has 11 heteroatoms. The number of sulfonamides is 1. The quantitative estimate of drug-likeness (QED) is 0.468. The van der Waals surface area contributed by atoms with Crippen molar-refractivity contribution < 1.29 is 8.42 Å². The van der Waals surface area contributed by atoms with Gasteiger partial charge in [-0.05, 0) is 19.9 Å². The Bertz CT molecular complexity index is 663. The second-order valence-electron chi connectivity index (χ2n) is 4.46. The first-order valence-electron chi connectivity index (χ1n) is 6.51. The van der Waals surface area contributed by atoms with E-state index in [0.29, 0.717) is 12.1 Å². The number of aromatic nitrogens is 6. The molecule has 0 radical (unpaired) electrons. The van der Waals surface area contributed by atoms with Gasteiger partial charge in [-0.3, -0.25) is 5.10 Å². The van der Waals surface area contributed by atoms with Crippen LogP contribution in [0.2, 0.25) is 0 Å². The van der Waals surface area contributed by atoms with E-state index in [2.05, 4.69) is 40.9 Å². The standard InChI is InChI=1S/C10H18N8O2S/c1-3-4-11-5-8-7(2)13-16-10(8)21(19,20)12-6-9-14-17-18-15-9/h11-12H,3-6H2,1-2H3,(H,13,16)(H,14,15,17,18). The molecule has 0 amide bonds. The maximum absolute atomic E-state index is 12.3. The van der Waals surface area contributed by atoms with Gasteiger partial charge in [0.25, 0.3) is 10.0 Å². The molecule has 0 aliphatic heterocycles. The molecule has 4 N–H and O–H groups in total. The molecule has 0 saturated heterocycles. The Kier molecular flexibility index (Phi) is 4.98. The molecule has 0 aliphatic carbocycles. The largest absolute Gasteiger partial charge is 0.313 e. The first-order chi connectivity index (χ1) is 10.0. The number of nitrogens with one attached hydrogen (secondary N) is 4. The van der Waals surface area contributed by atoms with Crippen LogP contribution >= 0.6 is 0 Å². The molecule has 2 aromatic rings. The van der Waals surface area contributed by atoms with Crippen LogP contribution in [0, 0.1) is 6.92 Å². The van der Waals surface area contributed by atoms with Crippen molar-refractivity contribution in [2.24, 2.45) is 0 Å². The lowest BCUT2D eigenvalue weighted by molar-refractivity contribution is 0.571. The SMILES string of the molecule is CCCNCc1c(S(=O)(=O)NCc2nn[nH]n2)n[nH]c1C. The van der Waals surface area contributed by atoms with E-state index >= 15 is 0 Å². The third-order valence-corrected chi connectivity index (χ3v) is 4.20. The monoisotopic (exact) mass is 314 g/mol. The van der Waals surface area contributed by atoms with E-state index in [1.54, 1.807) is 6.92 Å². The molecule has 2 rings (SSSR count). The van der Waals surface area contributed by atoms with Crippen LogP contribution in [-0.4, -0.2) is 45.8 Å². The van der Waals surface area contributed by atoms with Crippen molar-refractivity contribution >= 4 is 10.0 Å². The Labute approximate surface area is 122 Å². The van der Waals surface area contributed by atoms with Gasteiger partial charge < -0.3 is 5.32 Å². The van der Waals surface area contributed by atoms with Gasteiger partial charge in [0.15, 0.2) is 10.9 Å². The fourth-order valence-corrected chi connectivity index (χ4v) is 2.91. The van der Waals surface area contributed by atoms with Crippen LogP contribution in [0.15, 0.2) is 5.03 Å². The highest BCUT2D eigenvalue weighted by molar-refractivity contribution is 7.89. The lowest BCUT2D eigenvalue weighted by Gasteiger charge is -2.06. The maximum atomic E-state index is 12.3. The van der Waals surface area contributed by atoms with Gasteiger partial charge in [0.1, 0.15) is 0 Å². The average molecular weight is 314 g/mol. The number of rotatable bonds is 8. The molecular weight excluding hydrogens is 296 g/mol. The minimum absolute atomic E-state index is 0.00732. The fourth-order valence-electron chi connectivity index (χ4n) is 1.74. The molecule has 0 atom stereocenters. The molecule has 2 aromatic heterocycles. The first kappa shape index (κ1) is 15.5. The van der Waals surface area contributed by atoms with Crippen molar-refractivity contribution in [3.8, 4) is 0 Å². The average Bonchev–Trinajstić information content (AvgIpc) is 3.08. The summed E-state index contributed by atoms with van der Waals surface area (Å²) in [4.78, 5) is 0. The van der Waals surface area contributed by atoms with Gasteiger partial charge in [0.2, 0.25) is 0 Å². The lowest BCUT2D eigenvalue weighted by atomic mass is 10.2. The number of nitrogens with zero attached hydrogens (tertiary/aromatic N) is 4. The van der Waals surface area contributed by atoms with Gasteiger partial charge in [-0.2, -0.15) is 10.3 Å². The summed E-state index contributed by atoms with van der Waals surface area (Å²) >= 11 is 0. The summed E-state index contributed by atoms with van der Waals surface area (Å²) in [5.74, 6) is 0.261. The molecule has 0 unspecified atom stereocenters. The van der Waals surface area contributed by atoms with Crippen molar-refractivity contribution in [3.05, 3.63) is 17.1 Å². The summed E-state index contributed by atoms with van der Waals surface area (Å²) in [6, 6.07) is 0. The van der Waals surface area contributed by atoms with Crippen molar-refractivity contribution in [1.82, 2.24) is 40.9 Å². The molecule has 0 aliphatic rings. The van der Waals surface area contributed by atoms with Gasteiger partial charge in [-0.1, -0.05) is 12.1 Å². The second kappa shape index (κ2) is 6.74. The minimum Gasteiger partial charge on any atom is -0.313 e. The van der Waals surface area contributed by atoms with Crippen molar-refractivity contribution in [2.45, 2.75) is 38.4 Å². The summed E-state index contributed by atoms with van der Waals surface area (Å²) in [5.41, 5.74) is 1.35. The summed E-state index contributed by atoms with van der Waals surface area (Å²) in [7, 11) is -3.74. The van der Waals surface area contributed by atoms with Gasteiger partial charge in [-0.15, -0.1) is 10.2 Å². The molecular formula is C10H18N8O2S. The van der Waals surface area contributed by atoms with Gasteiger partial charge in [-0.25, -0.2) is 13.1 Å². The molecule has 0 bridgehead atoms. The Morgan fingerprint density at radius 1 is 1.24 bits per heavy atom. The highest BCUT2D eigenvalue weighted by Gasteiger charge is 2.23. The maximum Gasteiger partial charge on any atom is 0.260 e. The van der Waals surface area contributed by atoms with Gasteiger partial charge in [0, 0.05) is 17.8 Å². The minimum atomic E-state index is -3.74. The Morgan fingerprint density at radius 3 is 2.71 bits per heavy atom. The predicted octanol–water partition coefficient (Wildman–Crippen LogP) is -0.791. The number of hydrogen-bond donors (Lipinski definition) is 4. The summed E-state index contributed by atoms with van der Waals surface area (Å²) in [6.45, 7) is 5.02. The predicted molar refractivity (Wildman–Crippen MR) is 73.5 cm³/mol. The zero-order valence-corrected chi connectivity index (χ0v) is 12.7. The number of H-pyrrole nitrogens is 2.